The van der Waals surface area contributed by atoms with Gasteiger partial charge in [-0.3, -0.25) is 4.79 Å². The Morgan fingerprint density at radius 2 is 1.67 bits per heavy atom. The lowest BCUT2D eigenvalue weighted by Crippen LogP contribution is -2.41. The molecule has 0 aromatic heterocycles. The van der Waals surface area contributed by atoms with E-state index in [0.29, 0.717) is 5.92 Å². The Bertz CT molecular complexity index is 440. The molecule has 0 amide bonds. The molecule has 118 valence electrons. The first-order chi connectivity index (χ1) is 9.85. The quantitative estimate of drug-likeness (QED) is 0.759. The number of carbonyl (C=O) groups excluding carboxylic acids is 1. The van der Waals surface area contributed by atoms with Gasteiger partial charge in [-0.15, -0.1) is 0 Å². The average Bonchev–Trinajstić information content (AvgIpc) is 2.45. The summed E-state index contributed by atoms with van der Waals surface area (Å²) in [4.78, 5) is 11.5. The second kappa shape index (κ2) is 8.15. The number of aliphatic hydroxyl groups excluding tert-OH is 1. The minimum absolute atomic E-state index is 0.141. The van der Waals surface area contributed by atoms with E-state index in [1.165, 1.54) is 12.7 Å². The molecule has 0 saturated carbocycles. The van der Waals surface area contributed by atoms with Crippen LogP contribution < -0.4 is 5.32 Å². The van der Waals surface area contributed by atoms with Crippen LogP contribution in [0.5, 0.6) is 0 Å². The fraction of sp³-hybridized carbons (Fsp3) is 0.588. The van der Waals surface area contributed by atoms with Gasteiger partial charge in [0, 0.05) is 12.1 Å². The summed E-state index contributed by atoms with van der Waals surface area (Å²) in [6.07, 6.45) is -0.602. The van der Waals surface area contributed by atoms with E-state index in [0.717, 1.165) is 5.56 Å². The summed E-state index contributed by atoms with van der Waals surface area (Å²) in [6.45, 7) is 8.23. The summed E-state index contributed by atoms with van der Waals surface area (Å²) < 4.78 is 4.71. The van der Waals surface area contributed by atoms with Crippen LogP contribution in [0.15, 0.2) is 24.3 Å². The third-order valence-electron chi connectivity index (χ3n) is 3.49. The van der Waals surface area contributed by atoms with Gasteiger partial charge in [0.25, 0.3) is 0 Å². The molecule has 0 aliphatic rings. The Balaban J connectivity index is 2.87. The van der Waals surface area contributed by atoms with Gasteiger partial charge in [-0.2, -0.15) is 0 Å². The van der Waals surface area contributed by atoms with Crippen LogP contribution in [0.2, 0.25) is 0 Å². The fourth-order valence-corrected chi connectivity index (χ4v) is 2.26. The van der Waals surface area contributed by atoms with Crippen LogP contribution in [-0.2, 0) is 9.53 Å². The van der Waals surface area contributed by atoms with Crippen LogP contribution in [-0.4, -0.2) is 30.3 Å². The summed E-state index contributed by atoms with van der Waals surface area (Å²) >= 11 is 0. The number of benzene rings is 1. The van der Waals surface area contributed by atoms with Crippen molar-refractivity contribution in [2.45, 2.75) is 58.2 Å². The van der Waals surface area contributed by atoms with E-state index in [9.17, 15) is 9.90 Å². The van der Waals surface area contributed by atoms with Gasteiger partial charge in [0.2, 0.25) is 0 Å². The molecule has 0 radical (unpaired) electrons. The lowest BCUT2D eigenvalue weighted by Gasteiger charge is -2.26. The number of hydrogen-bond acceptors (Lipinski definition) is 4. The van der Waals surface area contributed by atoms with Crippen LogP contribution >= 0.6 is 0 Å². The summed E-state index contributed by atoms with van der Waals surface area (Å²) in [5, 5.41) is 13.8. The molecule has 4 heteroatoms. The topological polar surface area (TPSA) is 58.6 Å². The van der Waals surface area contributed by atoms with Crippen molar-refractivity contribution < 1.29 is 14.6 Å². The van der Waals surface area contributed by atoms with Crippen molar-refractivity contribution in [2.75, 3.05) is 7.11 Å². The predicted octanol–water partition coefficient (Wildman–Crippen LogP) is 2.77. The van der Waals surface area contributed by atoms with E-state index in [2.05, 4.69) is 19.2 Å². The zero-order chi connectivity index (χ0) is 16.0. The van der Waals surface area contributed by atoms with Crippen molar-refractivity contribution in [3.63, 3.8) is 0 Å². The van der Waals surface area contributed by atoms with E-state index in [-0.39, 0.29) is 24.5 Å². The number of ether oxygens (including phenoxy) is 1. The molecule has 1 aromatic rings. The van der Waals surface area contributed by atoms with E-state index < -0.39 is 6.10 Å². The predicted molar refractivity (Wildman–Crippen MR) is 84.2 cm³/mol. The highest BCUT2D eigenvalue weighted by Gasteiger charge is 2.24. The fourth-order valence-electron chi connectivity index (χ4n) is 2.26. The standard InChI is InChI=1S/C17H27NO3/c1-11(2)13-6-8-14(9-7-13)17(20)15(18-12(3)4)10-16(19)21-5/h6-9,11-12,15,17-18,20H,10H2,1-5H3. The van der Waals surface area contributed by atoms with E-state index in [1.807, 2.05) is 38.1 Å². The maximum atomic E-state index is 11.5. The van der Waals surface area contributed by atoms with Crippen molar-refractivity contribution in [2.24, 2.45) is 0 Å². The van der Waals surface area contributed by atoms with E-state index in [1.54, 1.807) is 0 Å². The van der Waals surface area contributed by atoms with Gasteiger partial charge in [-0.05, 0) is 17.0 Å². The minimum Gasteiger partial charge on any atom is -0.469 e. The number of hydrogen-bond donors (Lipinski definition) is 2. The van der Waals surface area contributed by atoms with Crippen molar-refractivity contribution in [1.82, 2.24) is 5.32 Å². The molecule has 21 heavy (non-hydrogen) atoms. The van der Waals surface area contributed by atoms with Gasteiger partial charge < -0.3 is 15.2 Å². The van der Waals surface area contributed by atoms with Crippen LogP contribution in [0.25, 0.3) is 0 Å². The summed E-state index contributed by atoms with van der Waals surface area (Å²) in [6, 6.07) is 7.70. The average molecular weight is 293 g/mol. The van der Waals surface area contributed by atoms with Gasteiger partial charge in [0.1, 0.15) is 0 Å². The third-order valence-corrected chi connectivity index (χ3v) is 3.49. The normalized spacial score (nSPS) is 14.3. The Morgan fingerprint density at radius 1 is 1.14 bits per heavy atom. The highest BCUT2D eigenvalue weighted by Crippen LogP contribution is 2.22. The number of methoxy groups -OCH3 is 1. The molecule has 1 aromatic carbocycles. The van der Waals surface area contributed by atoms with Crippen LogP contribution in [0.1, 0.15) is 57.3 Å². The molecule has 4 nitrogen and oxygen atoms in total. The van der Waals surface area contributed by atoms with Crippen molar-refractivity contribution in [3.8, 4) is 0 Å². The largest absolute Gasteiger partial charge is 0.469 e. The first-order valence-corrected chi connectivity index (χ1v) is 7.46. The number of rotatable bonds is 7. The highest BCUT2D eigenvalue weighted by atomic mass is 16.5. The van der Waals surface area contributed by atoms with Crippen molar-refractivity contribution in [1.29, 1.82) is 0 Å². The molecule has 0 spiro atoms. The van der Waals surface area contributed by atoms with E-state index in [4.69, 9.17) is 4.74 Å². The van der Waals surface area contributed by atoms with Crippen LogP contribution in [0.3, 0.4) is 0 Å². The maximum absolute atomic E-state index is 11.5. The lowest BCUT2D eigenvalue weighted by atomic mass is 9.95. The molecule has 0 fully saturated rings. The Kier molecular flexibility index (Phi) is 6.85. The van der Waals surface area contributed by atoms with Crippen molar-refractivity contribution >= 4 is 5.97 Å². The van der Waals surface area contributed by atoms with Gasteiger partial charge in [0.15, 0.2) is 0 Å². The monoisotopic (exact) mass is 293 g/mol. The molecule has 1 rings (SSSR count). The first kappa shape index (κ1) is 17.7. The van der Waals surface area contributed by atoms with Gasteiger partial charge >= 0.3 is 5.97 Å². The zero-order valence-corrected chi connectivity index (χ0v) is 13.6. The zero-order valence-electron chi connectivity index (χ0n) is 13.6. The molecule has 0 saturated heterocycles. The smallest absolute Gasteiger partial charge is 0.307 e. The van der Waals surface area contributed by atoms with Gasteiger partial charge in [0.05, 0.1) is 19.6 Å². The van der Waals surface area contributed by atoms with Crippen LogP contribution in [0.4, 0.5) is 0 Å². The SMILES string of the molecule is COC(=O)CC(NC(C)C)C(O)c1ccc(C(C)C)cc1. The molecule has 0 bridgehead atoms. The molecule has 0 aliphatic carbocycles. The van der Waals surface area contributed by atoms with Gasteiger partial charge in [-0.25, -0.2) is 0 Å². The van der Waals surface area contributed by atoms with Crippen LogP contribution in [0, 0.1) is 0 Å². The molecule has 0 heterocycles. The minimum atomic E-state index is -0.743. The lowest BCUT2D eigenvalue weighted by molar-refractivity contribution is -0.142. The second-order valence-corrected chi connectivity index (χ2v) is 5.97. The Morgan fingerprint density at radius 3 is 2.10 bits per heavy atom. The first-order valence-electron chi connectivity index (χ1n) is 7.46. The van der Waals surface area contributed by atoms with Crippen molar-refractivity contribution in [3.05, 3.63) is 35.4 Å². The Hall–Kier alpha value is -1.39. The molecular weight excluding hydrogens is 266 g/mol. The number of aliphatic hydroxyl groups is 1. The maximum Gasteiger partial charge on any atom is 0.307 e. The van der Waals surface area contributed by atoms with Gasteiger partial charge in [-0.1, -0.05) is 52.0 Å². The molecule has 2 N–H and O–H groups in total. The van der Waals surface area contributed by atoms with E-state index >= 15 is 0 Å². The molecule has 0 aliphatic heterocycles. The number of esters is 1. The molecular formula is C17H27NO3. The summed E-state index contributed by atoms with van der Waals surface area (Å²) in [5.74, 6) is 0.127. The summed E-state index contributed by atoms with van der Waals surface area (Å²) in [5.41, 5.74) is 2.04. The summed E-state index contributed by atoms with van der Waals surface area (Å²) in [7, 11) is 1.36. The number of nitrogens with one attached hydrogen (secondary N) is 1. The second-order valence-electron chi connectivity index (χ2n) is 5.97. The molecule has 2 unspecified atom stereocenters. The molecule has 2 atom stereocenters. The number of carbonyl (C=O) groups is 1. The highest BCUT2D eigenvalue weighted by molar-refractivity contribution is 5.70. The Labute approximate surface area is 127 Å². The third kappa shape index (κ3) is 5.48.